The zero-order valence-corrected chi connectivity index (χ0v) is 15.5. The molecule has 0 fully saturated rings. The number of methoxy groups -OCH3 is 3. The van der Waals surface area contributed by atoms with Crippen LogP contribution in [0.1, 0.15) is 24.0 Å². The van der Waals surface area contributed by atoms with Gasteiger partial charge in [0, 0.05) is 30.0 Å². The molecule has 2 aromatic rings. The van der Waals surface area contributed by atoms with Gasteiger partial charge in [0.1, 0.15) is 11.5 Å². The van der Waals surface area contributed by atoms with Gasteiger partial charge in [0.2, 0.25) is 0 Å². The molecule has 1 aliphatic rings. The van der Waals surface area contributed by atoms with Crippen LogP contribution >= 0.6 is 0 Å². The molecule has 0 saturated carbocycles. The van der Waals surface area contributed by atoms with Crippen molar-refractivity contribution in [2.75, 3.05) is 21.3 Å². The number of ether oxygens (including phenoxy) is 3. The quantitative estimate of drug-likeness (QED) is 0.824. The highest BCUT2D eigenvalue weighted by molar-refractivity contribution is 5.90. The van der Waals surface area contributed by atoms with Gasteiger partial charge in [-0.1, -0.05) is 12.1 Å². The first-order valence-electron chi connectivity index (χ1n) is 8.76. The minimum Gasteiger partial charge on any atom is -0.501 e. The molecule has 0 aromatic heterocycles. The Bertz CT molecular complexity index is 836. The molecule has 0 N–H and O–H groups in total. The molecule has 26 heavy (non-hydrogen) atoms. The lowest BCUT2D eigenvalue weighted by molar-refractivity contribution is -0.114. The number of carbonyl (C=O) groups excluding carboxylic acids is 1. The van der Waals surface area contributed by atoms with E-state index in [1.165, 1.54) is 0 Å². The van der Waals surface area contributed by atoms with Crippen molar-refractivity contribution < 1.29 is 19.0 Å². The Morgan fingerprint density at radius 2 is 1.23 bits per heavy atom. The molecule has 4 heteroatoms. The maximum atomic E-state index is 12.3. The van der Waals surface area contributed by atoms with Crippen molar-refractivity contribution in [3.05, 3.63) is 59.4 Å². The molecule has 4 bridgehead atoms. The monoisotopic (exact) mass is 352 g/mol. The topological polar surface area (TPSA) is 44.8 Å². The number of hydrogen-bond acceptors (Lipinski definition) is 4. The maximum Gasteiger partial charge on any atom is 0.159 e. The van der Waals surface area contributed by atoms with Crippen molar-refractivity contribution in [2.45, 2.75) is 25.7 Å². The highest BCUT2D eigenvalue weighted by Crippen LogP contribution is 2.38. The Kier molecular flexibility index (Phi) is 5.61. The Hall–Kier alpha value is -2.75. The van der Waals surface area contributed by atoms with Gasteiger partial charge in [-0.25, -0.2) is 0 Å². The van der Waals surface area contributed by atoms with Gasteiger partial charge in [-0.05, 0) is 48.2 Å². The van der Waals surface area contributed by atoms with Crippen LogP contribution in [0.25, 0.3) is 11.1 Å². The average molecular weight is 352 g/mol. The average Bonchev–Trinajstić information content (AvgIpc) is 2.69. The predicted octanol–water partition coefficient (Wildman–Crippen LogP) is 4.35. The lowest BCUT2D eigenvalue weighted by atomic mass is 9.96. The summed E-state index contributed by atoms with van der Waals surface area (Å²) in [7, 11) is 4.96. The Morgan fingerprint density at radius 3 is 1.73 bits per heavy atom. The maximum absolute atomic E-state index is 12.3. The van der Waals surface area contributed by atoms with E-state index < -0.39 is 0 Å². The van der Waals surface area contributed by atoms with Crippen LogP contribution in [0.2, 0.25) is 0 Å². The third kappa shape index (κ3) is 3.90. The van der Waals surface area contributed by atoms with E-state index in [1.54, 1.807) is 27.4 Å². The molecular weight excluding hydrogens is 328 g/mol. The summed E-state index contributed by atoms with van der Waals surface area (Å²) in [5.41, 5.74) is 4.23. The molecule has 0 aliphatic heterocycles. The van der Waals surface area contributed by atoms with Crippen molar-refractivity contribution in [1.29, 1.82) is 0 Å². The Labute approximate surface area is 154 Å². The molecule has 0 saturated heterocycles. The van der Waals surface area contributed by atoms with Crippen molar-refractivity contribution in [3.63, 3.8) is 0 Å². The summed E-state index contributed by atoms with van der Waals surface area (Å²) in [5.74, 6) is 2.40. The molecule has 0 spiro atoms. The van der Waals surface area contributed by atoms with E-state index in [1.807, 2.05) is 24.3 Å². The molecule has 0 radical (unpaired) electrons. The molecular formula is C22H24O4. The second-order valence-electron chi connectivity index (χ2n) is 6.35. The fraction of sp³-hybridized carbons (Fsp3) is 0.318. The summed E-state index contributed by atoms with van der Waals surface area (Å²) in [6.45, 7) is 0. The van der Waals surface area contributed by atoms with Crippen LogP contribution in [-0.4, -0.2) is 27.1 Å². The SMILES string of the molecule is CO/C1=C/C(=O)CCc2ccc(OC)c(c2)-c2cc(ccc2OC)CC1. The molecule has 4 nitrogen and oxygen atoms in total. The van der Waals surface area contributed by atoms with E-state index in [4.69, 9.17) is 14.2 Å². The first-order valence-corrected chi connectivity index (χ1v) is 8.76. The molecule has 0 atom stereocenters. The minimum atomic E-state index is 0.0859. The third-order valence-corrected chi connectivity index (χ3v) is 4.72. The van der Waals surface area contributed by atoms with Crippen LogP contribution in [0, 0.1) is 0 Å². The summed E-state index contributed by atoms with van der Waals surface area (Å²) in [4.78, 5) is 12.3. The van der Waals surface area contributed by atoms with Crippen LogP contribution in [-0.2, 0) is 22.4 Å². The van der Waals surface area contributed by atoms with Gasteiger partial charge in [-0.15, -0.1) is 0 Å². The van der Waals surface area contributed by atoms with E-state index in [9.17, 15) is 4.79 Å². The number of fused-ring (bicyclic) bond motifs is 5. The molecule has 1 aliphatic carbocycles. The van der Waals surface area contributed by atoms with E-state index >= 15 is 0 Å². The van der Waals surface area contributed by atoms with Crippen molar-refractivity contribution in [3.8, 4) is 22.6 Å². The van der Waals surface area contributed by atoms with Crippen LogP contribution in [0.5, 0.6) is 11.5 Å². The number of allylic oxidation sites excluding steroid dienone is 2. The second kappa shape index (κ2) is 8.09. The van der Waals surface area contributed by atoms with E-state index in [0.29, 0.717) is 19.3 Å². The van der Waals surface area contributed by atoms with Crippen LogP contribution < -0.4 is 9.47 Å². The minimum absolute atomic E-state index is 0.0859. The molecule has 0 heterocycles. The number of aryl methyl sites for hydroxylation is 2. The Morgan fingerprint density at radius 1 is 0.692 bits per heavy atom. The summed E-state index contributed by atoms with van der Waals surface area (Å²) in [6, 6.07) is 12.2. The highest BCUT2D eigenvalue weighted by atomic mass is 16.5. The zero-order valence-electron chi connectivity index (χ0n) is 15.5. The predicted molar refractivity (Wildman–Crippen MR) is 102 cm³/mol. The van der Waals surface area contributed by atoms with Gasteiger partial charge in [0.15, 0.2) is 5.78 Å². The Balaban J connectivity index is 2.14. The van der Waals surface area contributed by atoms with Gasteiger partial charge in [-0.3, -0.25) is 4.79 Å². The second-order valence-corrected chi connectivity index (χ2v) is 6.35. The van der Waals surface area contributed by atoms with Crippen molar-refractivity contribution >= 4 is 5.78 Å². The summed E-state index contributed by atoms with van der Waals surface area (Å²) in [5, 5.41) is 0. The summed E-state index contributed by atoms with van der Waals surface area (Å²) < 4.78 is 16.6. The molecule has 0 unspecified atom stereocenters. The fourth-order valence-corrected chi connectivity index (χ4v) is 3.26. The van der Waals surface area contributed by atoms with Crippen LogP contribution in [0.15, 0.2) is 48.2 Å². The van der Waals surface area contributed by atoms with E-state index in [0.717, 1.165) is 45.9 Å². The zero-order chi connectivity index (χ0) is 18.5. The summed E-state index contributed by atoms with van der Waals surface area (Å²) >= 11 is 0. The highest BCUT2D eigenvalue weighted by Gasteiger charge is 2.15. The number of hydrogen-bond donors (Lipinski definition) is 0. The smallest absolute Gasteiger partial charge is 0.159 e. The molecule has 136 valence electrons. The fourth-order valence-electron chi connectivity index (χ4n) is 3.26. The molecule has 2 aromatic carbocycles. The summed E-state index contributed by atoms with van der Waals surface area (Å²) in [6.07, 6.45) is 4.22. The lowest BCUT2D eigenvalue weighted by Gasteiger charge is -2.15. The van der Waals surface area contributed by atoms with Crippen molar-refractivity contribution in [2.24, 2.45) is 0 Å². The normalized spacial score (nSPS) is 16.4. The lowest BCUT2D eigenvalue weighted by Crippen LogP contribution is -2.00. The van der Waals surface area contributed by atoms with Crippen LogP contribution in [0.3, 0.4) is 0 Å². The van der Waals surface area contributed by atoms with Crippen LogP contribution in [0.4, 0.5) is 0 Å². The number of carbonyl (C=O) groups is 1. The van der Waals surface area contributed by atoms with Gasteiger partial charge < -0.3 is 14.2 Å². The van der Waals surface area contributed by atoms with Gasteiger partial charge in [0.25, 0.3) is 0 Å². The largest absolute Gasteiger partial charge is 0.501 e. The van der Waals surface area contributed by atoms with Gasteiger partial charge >= 0.3 is 0 Å². The molecule has 0 amide bonds. The number of rotatable bonds is 3. The number of benzene rings is 2. The van der Waals surface area contributed by atoms with E-state index in [2.05, 4.69) is 12.1 Å². The standard InChI is InChI=1S/C22H24O4/c1-24-18-9-5-16-7-11-22(26-3)20(13-16)19-12-15(4-8-17(23)14-18)6-10-21(19)25-2/h6-7,10-14H,4-5,8-9H2,1-3H3/b18-14+. The van der Waals surface area contributed by atoms with Gasteiger partial charge in [0.05, 0.1) is 27.1 Å². The molecule has 3 rings (SSSR count). The first kappa shape index (κ1) is 18.1. The first-order chi connectivity index (χ1) is 12.6. The van der Waals surface area contributed by atoms with E-state index in [-0.39, 0.29) is 5.78 Å². The van der Waals surface area contributed by atoms with Gasteiger partial charge in [-0.2, -0.15) is 0 Å². The number of ketones is 1. The van der Waals surface area contributed by atoms with Crippen molar-refractivity contribution in [1.82, 2.24) is 0 Å². The third-order valence-electron chi connectivity index (χ3n) is 4.72.